The number of aromatic nitrogens is 2. The molecule has 10 nitrogen and oxygen atoms in total. The number of fused-ring (bicyclic) bond motifs is 2. The number of nitro groups is 1. The summed E-state index contributed by atoms with van der Waals surface area (Å²) in [5.74, 6) is -0.411. The van der Waals surface area contributed by atoms with Gasteiger partial charge in [-0.25, -0.2) is 9.78 Å². The van der Waals surface area contributed by atoms with Crippen molar-refractivity contribution in [2.24, 2.45) is 0 Å². The Balaban J connectivity index is 1.66. The third-order valence-electron chi connectivity index (χ3n) is 4.38. The number of nitrogens with zero attached hydrogens (tertiary/aromatic N) is 2. The van der Waals surface area contributed by atoms with Gasteiger partial charge in [0.1, 0.15) is 18.8 Å². The first kappa shape index (κ1) is 18.4. The number of carbonyl (C=O) groups is 1. The van der Waals surface area contributed by atoms with E-state index in [0.717, 1.165) is 6.07 Å². The fourth-order valence-corrected chi connectivity index (χ4v) is 2.97. The topological polar surface area (TPSA) is 134 Å². The molecule has 1 atom stereocenters. The summed E-state index contributed by atoms with van der Waals surface area (Å²) in [7, 11) is 0. The number of esters is 1. The minimum absolute atomic E-state index is 0.127. The van der Waals surface area contributed by atoms with E-state index in [1.165, 1.54) is 13.0 Å². The Hall–Kier alpha value is -3.95. The van der Waals surface area contributed by atoms with E-state index in [9.17, 15) is 19.7 Å². The maximum absolute atomic E-state index is 12.6. The van der Waals surface area contributed by atoms with E-state index in [1.54, 1.807) is 24.3 Å². The van der Waals surface area contributed by atoms with Gasteiger partial charge < -0.3 is 19.2 Å². The SMILES string of the molecule is CC(OC(=O)c1cc2c(cc1[N+](=O)[O-])OCCO2)c1nc2ccccc2c(=O)[nH]1. The molecule has 1 aliphatic heterocycles. The highest BCUT2D eigenvalue weighted by Crippen LogP contribution is 2.37. The average Bonchev–Trinajstić information content (AvgIpc) is 2.72. The van der Waals surface area contributed by atoms with Crippen LogP contribution in [0, 0.1) is 10.1 Å². The van der Waals surface area contributed by atoms with Gasteiger partial charge in [0.2, 0.25) is 0 Å². The van der Waals surface area contributed by atoms with Crippen molar-refractivity contribution in [2.75, 3.05) is 13.2 Å². The zero-order valence-electron chi connectivity index (χ0n) is 15.2. The van der Waals surface area contributed by atoms with E-state index in [0.29, 0.717) is 10.9 Å². The highest BCUT2D eigenvalue weighted by atomic mass is 16.6. The second-order valence-corrected chi connectivity index (χ2v) is 6.29. The van der Waals surface area contributed by atoms with Crippen molar-refractivity contribution >= 4 is 22.6 Å². The zero-order valence-corrected chi connectivity index (χ0v) is 15.2. The quantitative estimate of drug-likeness (QED) is 0.403. The van der Waals surface area contributed by atoms with Crippen molar-refractivity contribution in [1.82, 2.24) is 9.97 Å². The van der Waals surface area contributed by atoms with Gasteiger partial charge in [-0.05, 0) is 19.1 Å². The number of carbonyl (C=O) groups excluding carboxylic acids is 1. The average molecular weight is 397 g/mol. The fraction of sp³-hybridized carbons (Fsp3) is 0.211. The summed E-state index contributed by atoms with van der Waals surface area (Å²) in [5, 5.41) is 11.8. The molecule has 1 aliphatic rings. The maximum atomic E-state index is 12.6. The minimum Gasteiger partial charge on any atom is -0.486 e. The molecule has 1 unspecified atom stereocenters. The third-order valence-corrected chi connectivity index (χ3v) is 4.38. The number of aromatic amines is 1. The lowest BCUT2D eigenvalue weighted by molar-refractivity contribution is -0.385. The first-order chi connectivity index (χ1) is 13.9. The van der Waals surface area contributed by atoms with E-state index in [4.69, 9.17) is 14.2 Å². The number of benzene rings is 2. The van der Waals surface area contributed by atoms with Gasteiger partial charge >= 0.3 is 5.97 Å². The predicted molar refractivity (Wildman–Crippen MR) is 100 cm³/mol. The van der Waals surface area contributed by atoms with Crippen LogP contribution in [-0.4, -0.2) is 34.1 Å². The van der Waals surface area contributed by atoms with Crippen LogP contribution in [0.5, 0.6) is 11.5 Å². The first-order valence-electron chi connectivity index (χ1n) is 8.72. The molecule has 3 aromatic rings. The van der Waals surface area contributed by atoms with Crippen LogP contribution in [0.15, 0.2) is 41.2 Å². The number of hydrogen-bond donors (Lipinski definition) is 1. The number of hydrogen-bond acceptors (Lipinski definition) is 8. The van der Waals surface area contributed by atoms with Gasteiger partial charge in [0.25, 0.3) is 11.2 Å². The molecular formula is C19H15N3O7. The Morgan fingerprint density at radius 2 is 1.93 bits per heavy atom. The summed E-state index contributed by atoms with van der Waals surface area (Å²) >= 11 is 0. The highest BCUT2D eigenvalue weighted by molar-refractivity contribution is 5.95. The fourth-order valence-electron chi connectivity index (χ4n) is 2.97. The maximum Gasteiger partial charge on any atom is 0.346 e. The van der Waals surface area contributed by atoms with Gasteiger partial charge in [0.05, 0.1) is 21.9 Å². The van der Waals surface area contributed by atoms with Crippen LogP contribution in [0.4, 0.5) is 5.69 Å². The Morgan fingerprint density at radius 1 is 1.24 bits per heavy atom. The number of para-hydroxylation sites is 1. The van der Waals surface area contributed by atoms with Gasteiger partial charge in [-0.2, -0.15) is 0 Å². The second kappa shape index (κ2) is 7.23. The molecule has 1 aromatic heterocycles. The molecule has 10 heteroatoms. The predicted octanol–water partition coefficient (Wildman–Crippen LogP) is 2.52. The molecule has 0 radical (unpaired) electrons. The molecule has 0 amide bonds. The van der Waals surface area contributed by atoms with Crippen LogP contribution in [0.3, 0.4) is 0 Å². The van der Waals surface area contributed by atoms with Gasteiger partial charge in [-0.1, -0.05) is 12.1 Å². The van der Waals surface area contributed by atoms with Crippen molar-refractivity contribution < 1.29 is 23.9 Å². The summed E-state index contributed by atoms with van der Waals surface area (Å²) in [6, 6.07) is 9.08. The Kier molecular flexibility index (Phi) is 4.59. The number of ether oxygens (including phenoxy) is 3. The van der Waals surface area contributed by atoms with Crippen LogP contribution in [0.25, 0.3) is 10.9 Å². The number of nitrogens with one attached hydrogen (secondary N) is 1. The lowest BCUT2D eigenvalue weighted by Crippen LogP contribution is -2.19. The van der Waals surface area contributed by atoms with Gasteiger partial charge in [0.15, 0.2) is 23.4 Å². The monoisotopic (exact) mass is 397 g/mol. The largest absolute Gasteiger partial charge is 0.486 e. The Bertz CT molecular complexity index is 1190. The molecule has 0 bridgehead atoms. The van der Waals surface area contributed by atoms with Crippen molar-refractivity contribution in [3.05, 3.63) is 68.3 Å². The van der Waals surface area contributed by atoms with Gasteiger partial charge in [-0.15, -0.1) is 0 Å². The van der Waals surface area contributed by atoms with Crippen LogP contribution in [0.1, 0.15) is 29.2 Å². The molecule has 0 saturated carbocycles. The lowest BCUT2D eigenvalue weighted by Gasteiger charge is -2.19. The lowest BCUT2D eigenvalue weighted by atomic mass is 10.1. The number of rotatable bonds is 4. The normalized spacial score (nSPS) is 13.7. The van der Waals surface area contributed by atoms with Gasteiger partial charge in [-0.3, -0.25) is 14.9 Å². The van der Waals surface area contributed by atoms with Crippen LogP contribution >= 0.6 is 0 Å². The van der Waals surface area contributed by atoms with Crippen LogP contribution in [-0.2, 0) is 4.74 Å². The second-order valence-electron chi connectivity index (χ2n) is 6.29. The van der Waals surface area contributed by atoms with E-state index in [-0.39, 0.29) is 41.7 Å². The molecule has 0 fully saturated rings. The smallest absolute Gasteiger partial charge is 0.346 e. The molecule has 2 aromatic carbocycles. The number of H-pyrrole nitrogens is 1. The zero-order chi connectivity index (χ0) is 20.5. The van der Waals surface area contributed by atoms with E-state index < -0.39 is 22.7 Å². The number of nitro benzene ring substituents is 1. The van der Waals surface area contributed by atoms with Crippen molar-refractivity contribution in [2.45, 2.75) is 13.0 Å². The summed E-state index contributed by atoms with van der Waals surface area (Å²) in [5.41, 5.74) is -0.682. The molecular weight excluding hydrogens is 382 g/mol. The molecule has 0 saturated heterocycles. The van der Waals surface area contributed by atoms with Crippen LogP contribution in [0.2, 0.25) is 0 Å². The summed E-state index contributed by atoms with van der Waals surface area (Å²) in [6.07, 6.45) is -0.951. The van der Waals surface area contributed by atoms with Crippen molar-refractivity contribution in [1.29, 1.82) is 0 Å². The van der Waals surface area contributed by atoms with E-state index in [2.05, 4.69) is 9.97 Å². The Labute approximate surface area is 163 Å². The Morgan fingerprint density at radius 3 is 2.66 bits per heavy atom. The first-order valence-corrected chi connectivity index (χ1v) is 8.72. The molecule has 4 rings (SSSR count). The molecule has 2 heterocycles. The third kappa shape index (κ3) is 3.47. The van der Waals surface area contributed by atoms with E-state index >= 15 is 0 Å². The minimum atomic E-state index is -0.951. The molecule has 1 N–H and O–H groups in total. The van der Waals surface area contributed by atoms with Crippen molar-refractivity contribution in [3.8, 4) is 11.5 Å². The van der Waals surface area contributed by atoms with Crippen LogP contribution < -0.4 is 15.0 Å². The van der Waals surface area contributed by atoms with Crippen molar-refractivity contribution in [3.63, 3.8) is 0 Å². The summed E-state index contributed by atoms with van der Waals surface area (Å²) in [6.45, 7) is 2.03. The summed E-state index contributed by atoms with van der Waals surface area (Å²) < 4.78 is 16.0. The standard InChI is InChI=1S/C19H15N3O7/c1-10(17-20-13-5-3-2-4-11(13)18(23)21-17)29-19(24)12-8-15-16(28-7-6-27-15)9-14(12)22(25)26/h2-5,8-10H,6-7H2,1H3,(H,20,21,23). The molecule has 0 aliphatic carbocycles. The molecule has 148 valence electrons. The highest BCUT2D eigenvalue weighted by Gasteiger charge is 2.29. The molecule has 29 heavy (non-hydrogen) atoms. The summed E-state index contributed by atoms with van der Waals surface area (Å²) in [4.78, 5) is 42.4. The van der Waals surface area contributed by atoms with E-state index in [1.807, 2.05) is 0 Å². The molecule has 0 spiro atoms. The van der Waals surface area contributed by atoms with Gasteiger partial charge in [0, 0.05) is 6.07 Å².